The van der Waals surface area contributed by atoms with Crippen LogP contribution in [0.5, 0.6) is 11.6 Å². The molecule has 0 radical (unpaired) electrons. The van der Waals surface area contributed by atoms with Gasteiger partial charge in [0.05, 0.1) is 5.60 Å². The van der Waals surface area contributed by atoms with Crippen molar-refractivity contribution in [2.75, 3.05) is 6.54 Å². The number of H-pyrrole nitrogens is 1. The van der Waals surface area contributed by atoms with E-state index in [9.17, 15) is 9.90 Å². The second kappa shape index (κ2) is 8.75. The Bertz CT molecular complexity index is 726. The van der Waals surface area contributed by atoms with Gasteiger partial charge in [-0.2, -0.15) is 4.98 Å². The fraction of sp³-hybridized carbons (Fsp3) is 0.368. The van der Waals surface area contributed by atoms with Crippen LogP contribution in [-0.4, -0.2) is 29.6 Å². The van der Waals surface area contributed by atoms with Gasteiger partial charge in [0.1, 0.15) is 5.75 Å². The Kier molecular flexibility index (Phi) is 6.68. The average molecular weight is 360 g/mol. The largest absolute Gasteiger partial charge is 0.405 e. The van der Waals surface area contributed by atoms with Crippen molar-refractivity contribution in [3.8, 4) is 11.6 Å². The van der Waals surface area contributed by atoms with E-state index in [-0.39, 0.29) is 5.56 Å². The van der Waals surface area contributed by atoms with E-state index >= 15 is 0 Å². The highest BCUT2D eigenvalue weighted by Gasteiger charge is 2.17. The summed E-state index contributed by atoms with van der Waals surface area (Å²) >= 11 is 0. The molecule has 1 atom stereocenters. The molecule has 0 aliphatic rings. The SMILES string of the molecule is CC(C)(C)OC(O)NCCc1ccc(Oc2[nH+]cccc2C(N)=O)cc1. The molecule has 1 heterocycles. The Morgan fingerprint density at radius 1 is 1.27 bits per heavy atom. The molecule has 140 valence electrons. The van der Waals surface area contributed by atoms with Crippen molar-refractivity contribution in [1.82, 2.24) is 5.32 Å². The second-order valence-electron chi connectivity index (χ2n) is 6.81. The number of carbonyl (C=O) groups is 1. The zero-order valence-corrected chi connectivity index (χ0v) is 15.3. The van der Waals surface area contributed by atoms with E-state index in [1.165, 1.54) is 0 Å². The molecule has 0 aliphatic heterocycles. The first kappa shape index (κ1) is 19.8. The van der Waals surface area contributed by atoms with Gasteiger partial charge in [0.25, 0.3) is 5.91 Å². The van der Waals surface area contributed by atoms with Gasteiger partial charge >= 0.3 is 5.88 Å². The minimum atomic E-state index is -1.00. The van der Waals surface area contributed by atoms with Gasteiger partial charge in [-0.25, -0.2) is 0 Å². The summed E-state index contributed by atoms with van der Waals surface area (Å²) in [5.41, 5.74) is 6.28. The normalized spacial score (nSPS) is 12.6. The number of nitrogens with one attached hydrogen (secondary N) is 2. The van der Waals surface area contributed by atoms with Gasteiger partial charge in [-0.05, 0) is 51.0 Å². The first-order valence-corrected chi connectivity index (χ1v) is 8.41. The quantitative estimate of drug-likeness (QED) is 0.620. The van der Waals surface area contributed by atoms with Crippen molar-refractivity contribution < 1.29 is 24.4 Å². The summed E-state index contributed by atoms with van der Waals surface area (Å²) in [7, 11) is 0. The molecule has 1 aromatic heterocycles. The Morgan fingerprint density at radius 2 is 1.96 bits per heavy atom. The number of hydrogen-bond acceptors (Lipinski definition) is 5. The highest BCUT2D eigenvalue weighted by Crippen LogP contribution is 2.21. The van der Waals surface area contributed by atoms with Crippen LogP contribution < -0.4 is 20.8 Å². The molecule has 2 aromatic rings. The predicted octanol–water partition coefficient (Wildman–Crippen LogP) is 1.61. The first-order chi connectivity index (χ1) is 12.2. The van der Waals surface area contributed by atoms with Crippen LogP contribution >= 0.6 is 0 Å². The van der Waals surface area contributed by atoms with Gasteiger partial charge < -0.3 is 20.3 Å². The lowest BCUT2D eigenvalue weighted by molar-refractivity contribution is -0.391. The molecule has 0 fully saturated rings. The molecule has 1 aromatic carbocycles. The smallest absolute Gasteiger partial charge is 0.384 e. The molecule has 0 aliphatic carbocycles. The maximum Gasteiger partial charge on any atom is 0.384 e. The lowest BCUT2D eigenvalue weighted by Crippen LogP contribution is -2.38. The van der Waals surface area contributed by atoms with E-state index < -0.39 is 17.9 Å². The van der Waals surface area contributed by atoms with Crippen LogP contribution in [-0.2, 0) is 11.2 Å². The van der Waals surface area contributed by atoms with Gasteiger partial charge in [-0.3, -0.25) is 10.1 Å². The van der Waals surface area contributed by atoms with Crippen LogP contribution in [0.25, 0.3) is 0 Å². The van der Waals surface area contributed by atoms with Crippen LogP contribution in [0.2, 0.25) is 0 Å². The number of carbonyl (C=O) groups excluding carboxylic acids is 1. The summed E-state index contributed by atoms with van der Waals surface area (Å²) in [6, 6.07) is 10.7. The van der Waals surface area contributed by atoms with E-state index in [0.29, 0.717) is 18.2 Å². The third-order valence-electron chi connectivity index (χ3n) is 3.42. The number of pyridine rings is 1. The molecule has 2 rings (SSSR count). The van der Waals surface area contributed by atoms with Crippen LogP contribution in [0.3, 0.4) is 0 Å². The highest BCUT2D eigenvalue weighted by molar-refractivity contribution is 5.94. The number of aromatic amines is 1. The van der Waals surface area contributed by atoms with E-state index in [4.69, 9.17) is 15.2 Å². The summed E-state index contributed by atoms with van der Waals surface area (Å²) < 4.78 is 11.1. The molecular formula is C19H26N3O4+. The van der Waals surface area contributed by atoms with Crippen molar-refractivity contribution in [1.29, 1.82) is 0 Å². The maximum atomic E-state index is 11.4. The second-order valence-corrected chi connectivity index (χ2v) is 6.81. The minimum absolute atomic E-state index is 0.286. The van der Waals surface area contributed by atoms with E-state index in [0.717, 1.165) is 12.0 Å². The number of nitrogens with two attached hydrogens (primary N) is 1. The molecule has 0 bridgehead atoms. The van der Waals surface area contributed by atoms with Crippen molar-refractivity contribution in [3.05, 3.63) is 53.7 Å². The summed E-state index contributed by atoms with van der Waals surface area (Å²) in [6.45, 7) is 6.20. The Morgan fingerprint density at radius 3 is 2.58 bits per heavy atom. The van der Waals surface area contributed by atoms with Crippen LogP contribution in [0.15, 0.2) is 42.6 Å². The number of benzene rings is 1. The number of aromatic nitrogens is 1. The Labute approximate surface area is 153 Å². The number of rotatable bonds is 8. The number of ether oxygens (including phenoxy) is 2. The van der Waals surface area contributed by atoms with Gasteiger partial charge in [0, 0.05) is 12.6 Å². The van der Waals surface area contributed by atoms with Crippen molar-refractivity contribution in [2.24, 2.45) is 5.73 Å². The number of primary amides is 1. The monoisotopic (exact) mass is 360 g/mol. The van der Waals surface area contributed by atoms with Gasteiger partial charge in [0.15, 0.2) is 11.8 Å². The fourth-order valence-corrected chi connectivity index (χ4v) is 2.26. The number of amides is 1. The van der Waals surface area contributed by atoms with Crippen LogP contribution in [0, 0.1) is 0 Å². The third-order valence-corrected chi connectivity index (χ3v) is 3.42. The molecule has 5 N–H and O–H groups in total. The van der Waals surface area contributed by atoms with E-state index in [1.807, 2.05) is 45.0 Å². The molecule has 7 heteroatoms. The van der Waals surface area contributed by atoms with E-state index in [1.54, 1.807) is 18.3 Å². The number of hydrogen-bond donors (Lipinski definition) is 3. The maximum absolute atomic E-state index is 11.4. The van der Waals surface area contributed by atoms with Crippen LogP contribution in [0.4, 0.5) is 0 Å². The molecule has 0 saturated carbocycles. The van der Waals surface area contributed by atoms with Gasteiger partial charge in [0.2, 0.25) is 6.41 Å². The van der Waals surface area contributed by atoms with Crippen molar-refractivity contribution in [2.45, 2.75) is 39.2 Å². The first-order valence-electron chi connectivity index (χ1n) is 8.41. The van der Waals surface area contributed by atoms with Gasteiger partial charge in [-0.1, -0.05) is 12.1 Å². The number of aliphatic hydroxyl groups is 1. The lowest BCUT2D eigenvalue weighted by atomic mass is 10.1. The summed E-state index contributed by atoms with van der Waals surface area (Å²) in [6.07, 6.45) is 1.38. The molecule has 26 heavy (non-hydrogen) atoms. The summed E-state index contributed by atoms with van der Waals surface area (Å²) in [4.78, 5) is 14.3. The molecule has 7 nitrogen and oxygen atoms in total. The lowest BCUT2D eigenvalue weighted by Gasteiger charge is -2.24. The zero-order valence-electron chi connectivity index (χ0n) is 15.3. The molecular weight excluding hydrogens is 334 g/mol. The van der Waals surface area contributed by atoms with E-state index in [2.05, 4.69) is 10.3 Å². The molecule has 0 saturated heterocycles. The number of aliphatic hydroxyl groups excluding tert-OH is 1. The third kappa shape index (κ3) is 6.44. The summed E-state index contributed by atoms with van der Waals surface area (Å²) in [5, 5.41) is 12.7. The standard InChI is InChI=1S/C19H25N3O4/c1-19(2,3)26-18(24)22-12-10-13-6-8-14(9-7-13)25-17-15(16(20)23)5-4-11-21-17/h4-9,11,18,22,24H,10,12H2,1-3H3,(H2,20,23)/p+1. The minimum Gasteiger partial charge on any atom is -0.405 e. The Hall–Kier alpha value is -2.48. The fourth-order valence-electron chi connectivity index (χ4n) is 2.26. The molecule has 0 spiro atoms. The average Bonchev–Trinajstić information content (AvgIpc) is 2.55. The van der Waals surface area contributed by atoms with Crippen molar-refractivity contribution >= 4 is 5.91 Å². The molecule has 1 unspecified atom stereocenters. The zero-order chi connectivity index (χ0) is 19.2. The highest BCUT2D eigenvalue weighted by atomic mass is 16.6. The van der Waals surface area contributed by atoms with Gasteiger partial charge in [-0.15, -0.1) is 0 Å². The summed E-state index contributed by atoms with van der Waals surface area (Å²) in [5.74, 6) is 0.329. The predicted molar refractivity (Wildman–Crippen MR) is 96.6 cm³/mol. The van der Waals surface area contributed by atoms with Crippen LogP contribution in [0.1, 0.15) is 36.7 Å². The molecule has 1 amide bonds. The Balaban J connectivity index is 1.88. The topological polar surface area (TPSA) is 108 Å². The van der Waals surface area contributed by atoms with Crippen molar-refractivity contribution in [3.63, 3.8) is 0 Å².